The van der Waals surface area contributed by atoms with E-state index in [0.717, 1.165) is 5.56 Å². The number of rotatable bonds is 9. The van der Waals surface area contributed by atoms with Crippen LogP contribution in [0.2, 0.25) is 0 Å². The van der Waals surface area contributed by atoms with E-state index in [-0.39, 0.29) is 56.4 Å². The lowest BCUT2D eigenvalue weighted by atomic mass is 9.76. The summed E-state index contributed by atoms with van der Waals surface area (Å²) < 4.78 is 37.6. The summed E-state index contributed by atoms with van der Waals surface area (Å²) in [4.78, 5) is 53.5. The van der Waals surface area contributed by atoms with Gasteiger partial charge in [0.2, 0.25) is 5.91 Å². The monoisotopic (exact) mass is 841 g/mol. The Balaban J connectivity index is 1.64. The van der Waals surface area contributed by atoms with Gasteiger partial charge in [-0.1, -0.05) is 31.1 Å². The summed E-state index contributed by atoms with van der Waals surface area (Å²) in [6.07, 6.45) is -2.05. The summed E-state index contributed by atoms with van der Waals surface area (Å²) in [6.45, 7) is 14.6. The van der Waals surface area contributed by atoms with Crippen molar-refractivity contribution in [3.63, 3.8) is 0 Å². The third-order valence-corrected chi connectivity index (χ3v) is 11.9. The van der Waals surface area contributed by atoms with Gasteiger partial charge in [0.25, 0.3) is 0 Å². The number of ether oxygens (including phenoxy) is 5. The van der Waals surface area contributed by atoms with Crippen LogP contribution in [0.3, 0.4) is 0 Å². The molecule has 3 aliphatic rings. The molecule has 0 radical (unpaired) electrons. The number of carbonyl (C=O) groups is 3. The average molecular weight is 842 g/mol. The second kappa shape index (κ2) is 19.7. The van der Waals surface area contributed by atoms with Gasteiger partial charge in [-0.25, -0.2) is 0 Å². The van der Waals surface area contributed by atoms with Crippen LogP contribution in [0.4, 0.5) is 0 Å². The maximum atomic E-state index is 14.5. The van der Waals surface area contributed by atoms with Gasteiger partial charge < -0.3 is 53.5 Å². The van der Waals surface area contributed by atoms with Crippen LogP contribution in [0.25, 0.3) is 11.3 Å². The number of allylic oxidation sites excluding steroid dienone is 1. The fraction of sp³-hybridized carbons (Fsp3) is 0.674. The number of nitrogens with one attached hydrogen (secondary N) is 1. The number of aliphatic hydroxyl groups excluding tert-OH is 1. The molecular formula is C43H63N5O12. The number of Topliss-reactive ketones (excluding diaryl/α,β-unsaturated/α-hetero) is 1. The average Bonchev–Trinajstić information content (AvgIpc) is 3.74. The zero-order valence-electron chi connectivity index (χ0n) is 36.7. The fourth-order valence-corrected chi connectivity index (χ4v) is 8.65. The summed E-state index contributed by atoms with van der Waals surface area (Å²) in [5.74, 6) is -3.96. The van der Waals surface area contributed by atoms with E-state index in [1.807, 2.05) is 38.9 Å². The maximum Gasteiger partial charge on any atom is 0.316 e. The van der Waals surface area contributed by atoms with Crippen molar-refractivity contribution in [2.75, 3.05) is 27.3 Å². The molecule has 1 fully saturated rings. The number of pyridine rings is 1. The third-order valence-electron chi connectivity index (χ3n) is 11.9. The van der Waals surface area contributed by atoms with E-state index in [4.69, 9.17) is 33.0 Å². The molecule has 5 heterocycles. The number of aromatic nitrogens is 2. The lowest BCUT2D eigenvalue weighted by molar-refractivity contribution is -0.296. The molecule has 0 spiro atoms. The normalized spacial score (nSPS) is 36.9. The van der Waals surface area contributed by atoms with Crippen LogP contribution < -0.4 is 5.32 Å². The molecule has 12 atom stereocenters. The second-order valence-electron chi connectivity index (χ2n) is 17.1. The van der Waals surface area contributed by atoms with Crippen molar-refractivity contribution in [1.82, 2.24) is 20.4 Å². The molecule has 0 aromatic carbocycles. The first-order chi connectivity index (χ1) is 28.3. The number of ketones is 1. The van der Waals surface area contributed by atoms with Gasteiger partial charge in [-0.15, -0.1) is 0 Å². The van der Waals surface area contributed by atoms with Gasteiger partial charge in [0.05, 0.1) is 42.9 Å². The highest BCUT2D eigenvalue weighted by molar-refractivity contribution is 6.00. The highest BCUT2D eigenvalue weighted by atomic mass is 16.7. The van der Waals surface area contributed by atoms with Gasteiger partial charge >= 0.3 is 5.97 Å². The van der Waals surface area contributed by atoms with Crippen LogP contribution in [0.5, 0.6) is 0 Å². The topological polar surface area (TPSA) is 214 Å². The van der Waals surface area contributed by atoms with Gasteiger partial charge in [0.1, 0.15) is 35.5 Å². The predicted octanol–water partition coefficient (Wildman–Crippen LogP) is 3.96. The number of cyclic esters (lactones) is 1. The lowest BCUT2D eigenvalue weighted by Gasteiger charge is -2.47. The fourth-order valence-electron chi connectivity index (χ4n) is 8.65. The Hall–Kier alpha value is -4.10. The maximum absolute atomic E-state index is 14.5. The molecule has 17 nitrogen and oxygen atoms in total. The first kappa shape index (κ1) is 47.0. The molecule has 5 rings (SSSR count). The van der Waals surface area contributed by atoms with Gasteiger partial charge in [-0.3, -0.25) is 19.4 Å². The molecule has 0 saturated carbocycles. The quantitative estimate of drug-likeness (QED) is 0.185. The van der Waals surface area contributed by atoms with Crippen molar-refractivity contribution < 1.29 is 57.6 Å². The molecule has 1 amide bonds. The molecule has 0 aliphatic carbocycles. The number of oxime groups is 1. The Kier molecular flexibility index (Phi) is 15.4. The van der Waals surface area contributed by atoms with E-state index < -0.39 is 71.4 Å². The van der Waals surface area contributed by atoms with E-state index in [2.05, 4.69) is 20.6 Å². The number of aliphatic hydroxyl groups is 2. The van der Waals surface area contributed by atoms with E-state index in [9.17, 15) is 24.6 Å². The van der Waals surface area contributed by atoms with Crippen molar-refractivity contribution >= 4 is 23.4 Å². The molecule has 0 unspecified atom stereocenters. The van der Waals surface area contributed by atoms with E-state index in [0.29, 0.717) is 29.1 Å². The van der Waals surface area contributed by atoms with E-state index >= 15 is 0 Å². The van der Waals surface area contributed by atoms with Crippen LogP contribution in [0.15, 0.2) is 51.5 Å². The van der Waals surface area contributed by atoms with Crippen molar-refractivity contribution in [2.45, 2.75) is 142 Å². The summed E-state index contributed by atoms with van der Waals surface area (Å²) in [7, 11) is 3.73. The van der Waals surface area contributed by atoms with E-state index in [1.54, 1.807) is 52.2 Å². The number of hydrogen-bond donors (Lipinski definition) is 3. The van der Waals surface area contributed by atoms with Crippen molar-refractivity contribution in [3.05, 3.63) is 47.6 Å². The van der Waals surface area contributed by atoms with Gasteiger partial charge in [0, 0.05) is 42.4 Å². The van der Waals surface area contributed by atoms with Crippen molar-refractivity contribution in [2.24, 2.45) is 22.9 Å². The number of fused-ring (bicyclic) bond motifs is 4. The molecule has 60 heavy (non-hydrogen) atoms. The van der Waals surface area contributed by atoms with Crippen LogP contribution in [-0.2, 0) is 49.5 Å². The summed E-state index contributed by atoms with van der Waals surface area (Å²) in [5, 5.41) is 35.2. The highest BCUT2D eigenvalue weighted by Gasteiger charge is 2.52. The lowest BCUT2D eigenvalue weighted by Crippen LogP contribution is -2.59. The minimum absolute atomic E-state index is 0.0214. The summed E-state index contributed by atoms with van der Waals surface area (Å²) in [6, 6.07) is 4.99. The highest BCUT2D eigenvalue weighted by Crippen LogP contribution is 2.40. The molecule has 2 aromatic rings. The molecule has 2 bridgehead atoms. The minimum atomic E-state index is -1.88. The van der Waals surface area contributed by atoms with Crippen LogP contribution in [-0.4, -0.2) is 130 Å². The van der Waals surface area contributed by atoms with Crippen LogP contribution in [0, 0.1) is 17.8 Å². The molecular weight excluding hydrogens is 778 g/mol. The Labute approximate surface area is 352 Å². The largest absolute Gasteiger partial charge is 0.459 e. The molecule has 332 valence electrons. The summed E-state index contributed by atoms with van der Waals surface area (Å²) >= 11 is 0. The number of likely N-dealkylation sites (N-methyl/N-ethyl adjacent to an activating group) is 1. The first-order valence-corrected chi connectivity index (χ1v) is 20.7. The van der Waals surface area contributed by atoms with Gasteiger partial charge in [-0.05, 0) is 91.6 Å². The molecule has 3 N–H and O–H groups in total. The Bertz CT molecular complexity index is 1850. The smallest absolute Gasteiger partial charge is 0.316 e. The Morgan fingerprint density at radius 1 is 1.12 bits per heavy atom. The molecule has 2 aromatic heterocycles. The van der Waals surface area contributed by atoms with Gasteiger partial charge in [0.15, 0.2) is 24.4 Å². The Morgan fingerprint density at radius 3 is 2.47 bits per heavy atom. The predicted molar refractivity (Wildman–Crippen MR) is 218 cm³/mol. The number of carbonyl (C=O) groups excluding carboxylic acids is 3. The number of esters is 1. The third kappa shape index (κ3) is 10.7. The van der Waals surface area contributed by atoms with Crippen LogP contribution >= 0.6 is 0 Å². The number of hydrogen-bond acceptors (Lipinski definition) is 16. The minimum Gasteiger partial charge on any atom is -0.459 e. The molecule has 1 saturated heterocycles. The number of nitrogens with zero attached hydrogens (tertiary/aromatic N) is 4. The standard InChI is InChI=1S/C43H63N5O12/c1-12-34-43(9,53)39-25(4)35(46-28(7)49)23(2)18-42(8,55-21-31(20-54-39)47-56-22-30-14-13-29(19-44-30)33-15-16-45-60-33)38(26(5)36(50)27(6)40(52)58-34)59-41-37(51)32(48(10)11)17-24(3)57-41/h13-16,19,23-24,26-27,32,34,37-39,41,51,53H,12,17-18,20-22H2,1-11H3,(H,46,49)/b35-25+,47-31?/t23-,24-,26+,27-,32+,34-,37-,38-,39-,41+,42-,43-/m1/s1. The van der Waals surface area contributed by atoms with E-state index in [1.165, 1.54) is 20.8 Å². The zero-order valence-corrected chi connectivity index (χ0v) is 36.7. The molecule has 3 aliphatic heterocycles. The Morgan fingerprint density at radius 2 is 1.85 bits per heavy atom. The SMILES string of the molecule is CC[C@H]1OC(=O)[C@H](C)C(=O)[C@H](C)[C@@H](O[C@@H]2O[C@H](C)C[C@H](N(C)C)[C@H]2O)[C@@]2(C)C[C@@H](C)/C(NC(C)=O)=C(/C)[C@@H](OCC(=NOCc3ccc(-c4ccno4)cn3)CO2)[C@]1(C)O. The molecule has 17 heteroatoms. The first-order valence-electron chi connectivity index (χ1n) is 20.7. The van der Waals surface area contributed by atoms with Crippen molar-refractivity contribution in [3.8, 4) is 11.3 Å². The zero-order chi connectivity index (χ0) is 44.1. The second-order valence-corrected chi connectivity index (χ2v) is 17.1. The summed E-state index contributed by atoms with van der Waals surface area (Å²) in [5.41, 5.74) is -0.802. The van der Waals surface area contributed by atoms with Crippen molar-refractivity contribution in [1.29, 1.82) is 0 Å². The van der Waals surface area contributed by atoms with Crippen LogP contribution in [0.1, 0.15) is 87.3 Å². The van der Waals surface area contributed by atoms with Gasteiger partial charge in [-0.2, -0.15) is 0 Å². The number of amides is 1.